The summed E-state index contributed by atoms with van der Waals surface area (Å²) in [5.74, 6) is -0.0867. The van der Waals surface area contributed by atoms with E-state index in [4.69, 9.17) is 23.7 Å². The smallest absolute Gasteiger partial charge is 0.329 e. The Balaban J connectivity index is 1.54. The van der Waals surface area contributed by atoms with E-state index in [9.17, 15) is 9.90 Å². The molecular formula is C30H32FNO7. The normalized spacial score (nSPS) is 17.7. The van der Waals surface area contributed by atoms with Gasteiger partial charge in [0.25, 0.3) is 0 Å². The Morgan fingerprint density at radius 3 is 2.59 bits per heavy atom. The van der Waals surface area contributed by atoms with E-state index in [1.54, 1.807) is 25.1 Å². The number of hydrogen-bond donors (Lipinski definition) is 2. The summed E-state index contributed by atoms with van der Waals surface area (Å²) in [6, 6.07) is 14.7. The Labute approximate surface area is 226 Å². The monoisotopic (exact) mass is 537 g/mol. The van der Waals surface area contributed by atoms with Gasteiger partial charge in [0.05, 0.1) is 20.8 Å². The van der Waals surface area contributed by atoms with E-state index in [0.717, 1.165) is 11.3 Å². The highest BCUT2D eigenvalue weighted by molar-refractivity contribution is 5.83. The maximum atomic E-state index is 15.7. The summed E-state index contributed by atoms with van der Waals surface area (Å²) in [5, 5.41) is 13.3. The van der Waals surface area contributed by atoms with Crippen molar-refractivity contribution in [1.82, 2.24) is 0 Å². The van der Waals surface area contributed by atoms with Crippen molar-refractivity contribution < 1.29 is 38.0 Å². The van der Waals surface area contributed by atoms with Crippen LogP contribution in [0.15, 0.2) is 48.5 Å². The summed E-state index contributed by atoms with van der Waals surface area (Å²) in [7, 11) is 2.94. The third kappa shape index (κ3) is 5.12. The molecule has 0 amide bonds. The van der Waals surface area contributed by atoms with Crippen molar-refractivity contribution in [2.45, 2.75) is 38.0 Å². The fourth-order valence-corrected chi connectivity index (χ4v) is 5.26. The minimum Gasteiger partial charge on any atom is -0.496 e. The first-order valence-corrected chi connectivity index (χ1v) is 12.8. The van der Waals surface area contributed by atoms with Crippen molar-refractivity contribution in [2.75, 3.05) is 39.4 Å². The van der Waals surface area contributed by atoms with Crippen molar-refractivity contribution in [2.24, 2.45) is 0 Å². The van der Waals surface area contributed by atoms with Crippen molar-refractivity contribution in [3.05, 3.63) is 71.0 Å². The number of halogens is 1. The molecule has 2 aliphatic rings. The van der Waals surface area contributed by atoms with Gasteiger partial charge in [0.15, 0.2) is 11.6 Å². The van der Waals surface area contributed by atoms with Gasteiger partial charge in [-0.1, -0.05) is 24.3 Å². The maximum Gasteiger partial charge on any atom is 0.329 e. The molecule has 0 aromatic heterocycles. The molecule has 0 saturated carbocycles. The number of carbonyl (C=O) groups is 1. The van der Waals surface area contributed by atoms with Crippen molar-refractivity contribution >= 4 is 11.7 Å². The average Bonchev–Trinajstić information content (AvgIpc) is 3.36. The highest BCUT2D eigenvalue weighted by Crippen LogP contribution is 2.41. The Morgan fingerprint density at radius 1 is 1.10 bits per heavy atom. The van der Waals surface area contributed by atoms with Gasteiger partial charge in [0.2, 0.25) is 0 Å². The van der Waals surface area contributed by atoms with Crippen LogP contribution in [-0.2, 0) is 20.9 Å². The summed E-state index contributed by atoms with van der Waals surface area (Å²) in [4.78, 5) is 12.3. The van der Waals surface area contributed by atoms with E-state index in [1.165, 1.54) is 14.2 Å². The minimum absolute atomic E-state index is 0.101. The fraction of sp³-hybridized carbons (Fsp3) is 0.367. The molecule has 1 atom stereocenters. The number of carboxylic acids is 1. The second-order valence-electron chi connectivity index (χ2n) is 9.74. The quantitative estimate of drug-likeness (QED) is 0.369. The summed E-state index contributed by atoms with van der Waals surface area (Å²) < 4.78 is 44.1. The van der Waals surface area contributed by atoms with Gasteiger partial charge >= 0.3 is 5.97 Å². The van der Waals surface area contributed by atoms with E-state index in [0.29, 0.717) is 66.4 Å². The first-order chi connectivity index (χ1) is 18.9. The summed E-state index contributed by atoms with van der Waals surface area (Å²) >= 11 is 0. The number of hydrogen-bond acceptors (Lipinski definition) is 7. The van der Waals surface area contributed by atoms with Crippen LogP contribution in [0.25, 0.3) is 11.1 Å². The Kier molecular flexibility index (Phi) is 7.63. The third-order valence-electron chi connectivity index (χ3n) is 7.48. The fourth-order valence-electron chi connectivity index (χ4n) is 5.26. The van der Waals surface area contributed by atoms with Gasteiger partial charge in [-0.2, -0.15) is 0 Å². The third-order valence-corrected chi connectivity index (χ3v) is 7.48. The van der Waals surface area contributed by atoms with Gasteiger partial charge in [-0.25, -0.2) is 9.18 Å². The van der Waals surface area contributed by atoms with Crippen LogP contribution in [-0.4, -0.2) is 50.7 Å². The largest absolute Gasteiger partial charge is 0.496 e. The molecule has 39 heavy (non-hydrogen) atoms. The number of methoxy groups -OCH3 is 2. The molecule has 206 valence electrons. The molecule has 2 N–H and O–H groups in total. The number of para-hydroxylation sites is 1. The summed E-state index contributed by atoms with van der Waals surface area (Å²) in [6.45, 7) is 2.94. The van der Waals surface area contributed by atoms with Gasteiger partial charge in [-0.3, -0.25) is 0 Å². The summed E-state index contributed by atoms with van der Waals surface area (Å²) in [6.07, 6.45) is 0.360. The lowest BCUT2D eigenvalue weighted by atomic mass is 9.89. The van der Waals surface area contributed by atoms with Crippen LogP contribution in [0.3, 0.4) is 0 Å². The second kappa shape index (κ2) is 11.1. The minimum atomic E-state index is -1.16. The number of aliphatic carboxylic acids is 1. The summed E-state index contributed by atoms with van der Waals surface area (Å²) in [5.41, 5.74) is 2.49. The first kappa shape index (κ1) is 26.8. The first-order valence-electron chi connectivity index (χ1n) is 12.8. The molecule has 5 rings (SSSR count). The lowest BCUT2D eigenvalue weighted by molar-refractivity contribution is -0.145. The van der Waals surface area contributed by atoms with Crippen LogP contribution in [0.4, 0.5) is 10.1 Å². The molecule has 3 aromatic carbocycles. The van der Waals surface area contributed by atoms with Crippen LogP contribution in [0, 0.1) is 12.7 Å². The van der Waals surface area contributed by atoms with Gasteiger partial charge in [-0.05, 0) is 42.3 Å². The zero-order valence-electron chi connectivity index (χ0n) is 22.2. The SMILES string of the molecule is COc1cc(-c2ccc(NC3(C(=O)O)CCOCC3)cc2CO[C@@H]2COc3ccccc32)c(F)c(OC)c1C. The molecule has 0 aliphatic carbocycles. The van der Waals surface area contributed by atoms with Crippen LogP contribution in [0.1, 0.15) is 35.6 Å². The van der Waals surface area contributed by atoms with E-state index < -0.39 is 17.3 Å². The number of ether oxygens (including phenoxy) is 5. The van der Waals surface area contributed by atoms with Crippen molar-refractivity contribution in [3.8, 4) is 28.4 Å². The lowest BCUT2D eigenvalue weighted by Gasteiger charge is -2.35. The number of carboxylic acid groups (broad SMARTS) is 1. The molecule has 2 aliphatic heterocycles. The number of fused-ring (bicyclic) bond motifs is 1. The zero-order chi connectivity index (χ0) is 27.6. The standard InChI is InChI=1S/C30H32FNO7/c1-18-25(35-2)15-23(27(31)28(18)36-3)21-9-8-20(32-30(29(33)34)10-12-37-13-11-30)14-19(21)16-38-26-17-39-24-7-5-4-6-22(24)26/h4-9,14-15,26,32H,10-13,16-17H2,1-3H3,(H,33,34)/t26-/m1/s1. The highest BCUT2D eigenvalue weighted by Gasteiger charge is 2.40. The predicted molar refractivity (Wildman–Crippen MR) is 143 cm³/mol. The number of nitrogens with one attached hydrogen (secondary N) is 1. The second-order valence-corrected chi connectivity index (χ2v) is 9.74. The molecule has 0 spiro atoms. The molecule has 9 heteroatoms. The van der Waals surface area contributed by atoms with Gasteiger partial charge in [-0.15, -0.1) is 0 Å². The molecule has 0 radical (unpaired) electrons. The van der Waals surface area contributed by atoms with Crippen molar-refractivity contribution in [3.63, 3.8) is 0 Å². The Bertz CT molecular complexity index is 1370. The number of rotatable bonds is 9. The molecule has 0 unspecified atom stereocenters. The van der Waals surface area contributed by atoms with Gasteiger partial charge in [0.1, 0.15) is 29.7 Å². The van der Waals surface area contributed by atoms with Gasteiger partial charge in [0, 0.05) is 48.4 Å². The average molecular weight is 538 g/mol. The molecule has 1 saturated heterocycles. The number of benzene rings is 3. The molecule has 8 nitrogen and oxygen atoms in total. The predicted octanol–water partition coefficient (Wildman–Crippen LogP) is 5.51. The van der Waals surface area contributed by atoms with Crippen LogP contribution in [0.2, 0.25) is 0 Å². The molecule has 1 fully saturated rings. The van der Waals surface area contributed by atoms with Gasteiger partial charge < -0.3 is 34.1 Å². The molecular weight excluding hydrogens is 505 g/mol. The van der Waals surface area contributed by atoms with E-state index in [-0.39, 0.29) is 18.5 Å². The van der Waals surface area contributed by atoms with Crippen LogP contribution >= 0.6 is 0 Å². The molecule has 0 bridgehead atoms. The lowest BCUT2D eigenvalue weighted by Crippen LogP contribution is -2.50. The Hall–Kier alpha value is -3.82. The number of anilines is 1. The molecule has 2 heterocycles. The maximum absolute atomic E-state index is 15.7. The topological polar surface area (TPSA) is 95.5 Å². The van der Waals surface area contributed by atoms with E-state index >= 15 is 4.39 Å². The van der Waals surface area contributed by atoms with Crippen LogP contribution < -0.4 is 19.5 Å². The van der Waals surface area contributed by atoms with Crippen molar-refractivity contribution in [1.29, 1.82) is 0 Å². The molecule has 3 aromatic rings. The van der Waals surface area contributed by atoms with E-state index in [1.807, 2.05) is 30.3 Å². The Morgan fingerprint density at radius 2 is 1.87 bits per heavy atom. The van der Waals surface area contributed by atoms with Crippen LogP contribution in [0.5, 0.6) is 17.2 Å². The zero-order valence-corrected chi connectivity index (χ0v) is 22.2. The highest BCUT2D eigenvalue weighted by atomic mass is 19.1. The van der Waals surface area contributed by atoms with E-state index in [2.05, 4.69) is 5.32 Å².